The van der Waals surface area contributed by atoms with E-state index in [0.717, 1.165) is 17.9 Å². The number of hydrogen-bond donors (Lipinski definition) is 1. The van der Waals surface area contributed by atoms with E-state index in [1.807, 2.05) is 12.1 Å². The van der Waals surface area contributed by atoms with Gasteiger partial charge in [-0.3, -0.25) is 9.78 Å². The fraction of sp³-hybridized carbons (Fsp3) is 0.647. The lowest BCUT2D eigenvalue weighted by Crippen LogP contribution is -2.33. The van der Waals surface area contributed by atoms with Crippen molar-refractivity contribution in [3.63, 3.8) is 0 Å². The molecule has 1 aromatic rings. The maximum absolute atomic E-state index is 12.1. The van der Waals surface area contributed by atoms with E-state index in [4.69, 9.17) is 5.73 Å². The summed E-state index contributed by atoms with van der Waals surface area (Å²) in [6.45, 7) is 6.62. The van der Waals surface area contributed by atoms with Gasteiger partial charge in [0.1, 0.15) is 5.78 Å². The quantitative estimate of drug-likeness (QED) is 0.752. The standard InChI is InChI=1S/C17H28N2O/c1-13(2)5-4-6-14(3)11-17(20)16(18)12-15-7-9-19-10-8-15/h7-10,13-14,16H,4-6,11-12,18H2,1-3H3/t14?,16-/m1/s1. The van der Waals surface area contributed by atoms with Gasteiger partial charge in [-0.2, -0.15) is 0 Å². The van der Waals surface area contributed by atoms with Crippen molar-refractivity contribution in [1.29, 1.82) is 0 Å². The van der Waals surface area contributed by atoms with Gasteiger partial charge in [0.25, 0.3) is 0 Å². The Bertz CT molecular complexity index is 389. The maximum Gasteiger partial charge on any atom is 0.150 e. The molecule has 1 rings (SSSR count). The summed E-state index contributed by atoms with van der Waals surface area (Å²) >= 11 is 0. The van der Waals surface area contributed by atoms with Gasteiger partial charge in [-0.1, -0.05) is 40.0 Å². The van der Waals surface area contributed by atoms with E-state index in [2.05, 4.69) is 25.8 Å². The van der Waals surface area contributed by atoms with Crippen LogP contribution in [0.2, 0.25) is 0 Å². The van der Waals surface area contributed by atoms with Gasteiger partial charge in [0.05, 0.1) is 6.04 Å². The average Bonchev–Trinajstić information content (AvgIpc) is 2.39. The average molecular weight is 276 g/mol. The molecular weight excluding hydrogens is 248 g/mol. The molecule has 0 radical (unpaired) electrons. The van der Waals surface area contributed by atoms with Crippen LogP contribution in [0.5, 0.6) is 0 Å². The lowest BCUT2D eigenvalue weighted by atomic mass is 9.92. The van der Waals surface area contributed by atoms with E-state index >= 15 is 0 Å². The minimum absolute atomic E-state index is 0.179. The number of nitrogens with zero attached hydrogens (tertiary/aromatic N) is 1. The van der Waals surface area contributed by atoms with Crippen molar-refractivity contribution in [3.8, 4) is 0 Å². The van der Waals surface area contributed by atoms with Crippen molar-refractivity contribution < 1.29 is 4.79 Å². The summed E-state index contributed by atoms with van der Waals surface area (Å²) in [6.07, 6.45) is 8.24. The van der Waals surface area contributed by atoms with Gasteiger partial charge in [0.2, 0.25) is 0 Å². The van der Waals surface area contributed by atoms with Crippen LogP contribution in [0.4, 0.5) is 0 Å². The molecule has 0 aliphatic rings. The zero-order valence-electron chi connectivity index (χ0n) is 13.0. The van der Waals surface area contributed by atoms with Crippen LogP contribution >= 0.6 is 0 Å². The third-order valence-electron chi connectivity index (χ3n) is 3.65. The summed E-state index contributed by atoms with van der Waals surface area (Å²) in [5, 5.41) is 0. The van der Waals surface area contributed by atoms with Crippen molar-refractivity contribution in [2.75, 3.05) is 0 Å². The second-order valence-electron chi connectivity index (χ2n) is 6.27. The number of pyridine rings is 1. The van der Waals surface area contributed by atoms with Crippen LogP contribution < -0.4 is 5.73 Å². The molecule has 112 valence electrons. The Kier molecular flexibility index (Phi) is 7.45. The van der Waals surface area contributed by atoms with Gasteiger partial charge in [-0.05, 0) is 36.0 Å². The van der Waals surface area contributed by atoms with Gasteiger partial charge in [0.15, 0.2) is 0 Å². The van der Waals surface area contributed by atoms with Crippen LogP contribution in [0.25, 0.3) is 0 Å². The highest BCUT2D eigenvalue weighted by Crippen LogP contribution is 2.16. The number of carbonyl (C=O) groups is 1. The third kappa shape index (κ3) is 6.80. The molecule has 20 heavy (non-hydrogen) atoms. The Morgan fingerprint density at radius 3 is 2.45 bits per heavy atom. The minimum atomic E-state index is -0.384. The van der Waals surface area contributed by atoms with Crippen LogP contribution in [0.15, 0.2) is 24.5 Å². The van der Waals surface area contributed by atoms with Crippen LogP contribution in [-0.4, -0.2) is 16.8 Å². The highest BCUT2D eigenvalue weighted by Gasteiger charge is 2.17. The normalized spacial score (nSPS) is 14.2. The first-order valence-electron chi connectivity index (χ1n) is 7.66. The number of hydrogen-bond acceptors (Lipinski definition) is 3. The molecule has 3 heteroatoms. The molecule has 0 spiro atoms. The van der Waals surface area contributed by atoms with Gasteiger partial charge < -0.3 is 5.73 Å². The van der Waals surface area contributed by atoms with Gasteiger partial charge in [-0.25, -0.2) is 0 Å². The molecule has 1 heterocycles. The van der Waals surface area contributed by atoms with E-state index in [1.54, 1.807) is 12.4 Å². The summed E-state index contributed by atoms with van der Waals surface area (Å²) in [7, 11) is 0. The number of Topliss-reactive ketones (excluding diaryl/α,β-unsaturated/α-hetero) is 1. The molecule has 2 atom stereocenters. The van der Waals surface area contributed by atoms with Crippen LogP contribution in [0, 0.1) is 11.8 Å². The number of ketones is 1. The van der Waals surface area contributed by atoms with Crippen molar-refractivity contribution in [3.05, 3.63) is 30.1 Å². The molecule has 1 aromatic heterocycles. The zero-order chi connectivity index (χ0) is 15.0. The largest absolute Gasteiger partial charge is 0.321 e. The summed E-state index contributed by atoms with van der Waals surface area (Å²) < 4.78 is 0. The number of nitrogens with two attached hydrogens (primary N) is 1. The maximum atomic E-state index is 12.1. The molecule has 3 nitrogen and oxygen atoms in total. The van der Waals surface area contributed by atoms with E-state index < -0.39 is 0 Å². The van der Waals surface area contributed by atoms with E-state index in [1.165, 1.54) is 12.8 Å². The summed E-state index contributed by atoms with van der Waals surface area (Å²) in [5.74, 6) is 1.36. The molecule has 0 amide bonds. The summed E-state index contributed by atoms with van der Waals surface area (Å²) in [4.78, 5) is 16.1. The van der Waals surface area contributed by atoms with Gasteiger partial charge >= 0.3 is 0 Å². The van der Waals surface area contributed by atoms with Crippen LogP contribution in [-0.2, 0) is 11.2 Å². The third-order valence-corrected chi connectivity index (χ3v) is 3.65. The molecule has 0 aromatic carbocycles. The van der Waals surface area contributed by atoms with E-state index in [0.29, 0.717) is 18.8 Å². The molecule has 0 saturated carbocycles. The van der Waals surface area contributed by atoms with Gasteiger partial charge in [-0.15, -0.1) is 0 Å². The second kappa shape index (κ2) is 8.85. The smallest absolute Gasteiger partial charge is 0.150 e. The molecule has 2 N–H and O–H groups in total. The van der Waals surface area contributed by atoms with Crippen LogP contribution in [0.1, 0.15) is 52.0 Å². The van der Waals surface area contributed by atoms with Crippen molar-refractivity contribution in [2.45, 2.75) is 58.9 Å². The molecule has 0 aliphatic carbocycles. The number of carbonyl (C=O) groups excluding carboxylic acids is 1. The Morgan fingerprint density at radius 2 is 1.85 bits per heavy atom. The van der Waals surface area contributed by atoms with E-state index in [-0.39, 0.29) is 11.8 Å². The molecule has 0 bridgehead atoms. The van der Waals surface area contributed by atoms with E-state index in [9.17, 15) is 4.79 Å². The zero-order valence-corrected chi connectivity index (χ0v) is 13.0. The highest BCUT2D eigenvalue weighted by molar-refractivity contribution is 5.84. The molecule has 1 unspecified atom stereocenters. The first kappa shape index (κ1) is 16.8. The fourth-order valence-electron chi connectivity index (χ4n) is 2.36. The van der Waals surface area contributed by atoms with Crippen molar-refractivity contribution >= 4 is 5.78 Å². The highest BCUT2D eigenvalue weighted by atomic mass is 16.1. The molecule has 0 saturated heterocycles. The lowest BCUT2D eigenvalue weighted by molar-refractivity contribution is -0.121. The van der Waals surface area contributed by atoms with Gasteiger partial charge in [0, 0.05) is 18.8 Å². The molecular formula is C17H28N2O. The molecule has 0 aliphatic heterocycles. The Balaban J connectivity index is 2.30. The monoisotopic (exact) mass is 276 g/mol. The SMILES string of the molecule is CC(C)CCCC(C)CC(=O)[C@H](N)Cc1ccncc1. The topological polar surface area (TPSA) is 56.0 Å². The summed E-state index contributed by atoms with van der Waals surface area (Å²) in [5.41, 5.74) is 7.08. The second-order valence-corrected chi connectivity index (χ2v) is 6.27. The Hall–Kier alpha value is -1.22. The Morgan fingerprint density at radius 1 is 1.20 bits per heavy atom. The first-order valence-corrected chi connectivity index (χ1v) is 7.66. The lowest BCUT2D eigenvalue weighted by Gasteiger charge is -2.15. The minimum Gasteiger partial charge on any atom is -0.321 e. The predicted molar refractivity (Wildman–Crippen MR) is 83.4 cm³/mol. The van der Waals surface area contributed by atoms with Crippen molar-refractivity contribution in [1.82, 2.24) is 4.98 Å². The predicted octanol–water partition coefficient (Wildman–Crippen LogP) is 3.37. The van der Waals surface area contributed by atoms with Crippen molar-refractivity contribution in [2.24, 2.45) is 17.6 Å². The Labute approximate surface area is 123 Å². The van der Waals surface area contributed by atoms with Crippen LogP contribution in [0.3, 0.4) is 0 Å². The molecule has 0 fully saturated rings. The number of aromatic nitrogens is 1. The number of rotatable bonds is 9. The fourth-order valence-corrected chi connectivity index (χ4v) is 2.36. The summed E-state index contributed by atoms with van der Waals surface area (Å²) in [6, 6.07) is 3.45. The first-order chi connectivity index (χ1) is 9.49.